The molecule has 0 unspecified atom stereocenters. The molecule has 0 atom stereocenters. The average Bonchev–Trinajstić information content (AvgIpc) is 2.87. The van der Waals surface area contributed by atoms with Crippen molar-refractivity contribution in [2.75, 3.05) is 6.54 Å². The minimum Gasteiger partial charge on any atom is -0.330 e. The van der Waals surface area contributed by atoms with Gasteiger partial charge in [-0.1, -0.05) is 23.4 Å². The molecule has 0 aliphatic heterocycles. The normalized spacial score (nSPS) is 11.0. The molecule has 2 N–H and O–H groups in total. The molecule has 0 aliphatic carbocycles. The first-order valence-electron chi connectivity index (χ1n) is 6.28. The zero-order valence-electron chi connectivity index (χ0n) is 10.5. The van der Waals surface area contributed by atoms with E-state index in [1.165, 1.54) is 5.56 Å². The maximum atomic E-state index is 5.51. The molecule has 0 spiro atoms. The van der Waals surface area contributed by atoms with Gasteiger partial charge in [-0.3, -0.25) is 4.98 Å². The fourth-order valence-corrected chi connectivity index (χ4v) is 2.15. The molecule has 3 aromatic rings. The minimum atomic E-state index is 0.594. The SMILES string of the molecule is NCCc1cn(Cc2ccnc3ccccc23)nn1. The molecule has 0 amide bonds. The first kappa shape index (κ1) is 11.8. The molecule has 0 aliphatic rings. The molecule has 96 valence electrons. The van der Waals surface area contributed by atoms with Crippen LogP contribution in [-0.2, 0) is 13.0 Å². The maximum absolute atomic E-state index is 5.51. The number of fused-ring (bicyclic) bond motifs is 1. The predicted molar refractivity (Wildman–Crippen MR) is 73.6 cm³/mol. The molecule has 0 bridgehead atoms. The second-order valence-electron chi connectivity index (χ2n) is 4.43. The summed E-state index contributed by atoms with van der Waals surface area (Å²) < 4.78 is 1.84. The quantitative estimate of drug-likeness (QED) is 0.762. The molecule has 3 rings (SSSR count). The standard InChI is InChI=1S/C14H15N5/c15-7-5-12-10-19(18-17-12)9-11-6-8-16-14-4-2-1-3-13(11)14/h1-4,6,8,10H,5,7,9,15H2. The minimum absolute atomic E-state index is 0.594. The molecule has 2 heterocycles. The third-order valence-electron chi connectivity index (χ3n) is 3.06. The van der Waals surface area contributed by atoms with Gasteiger partial charge in [-0.15, -0.1) is 5.10 Å². The highest BCUT2D eigenvalue weighted by atomic mass is 15.4. The predicted octanol–water partition coefficient (Wildman–Crippen LogP) is 1.38. The monoisotopic (exact) mass is 253 g/mol. The summed E-state index contributed by atoms with van der Waals surface area (Å²) in [5, 5.41) is 9.38. The highest BCUT2D eigenvalue weighted by molar-refractivity contribution is 5.81. The van der Waals surface area contributed by atoms with Crippen LogP contribution in [0.25, 0.3) is 10.9 Å². The fraction of sp³-hybridized carbons (Fsp3) is 0.214. The van der Waals surface area contributed by atoms with Gasteiger partial charge in [0.25, 0.3) is 0 Å². The van der Waals surface area contributed by atoms with Gasteiger partial charge in [0.1, 0.15) is 0 Å². The molecular formula is C14H15N5. The summed E-state index contributed by atoms with van der Waals surface area (Å²) in [4.78, 5) is 4.36. The summed E-state index contributed by atoms with van der Waals surface area (Å²) in [6.07, 6.45) is 4.54. The van der Waals surface area contributed by atoms with E-state index >= 15 is 0 Å². The summed E-state index contributed by atoms with van der Waals surface area (Å²) in [5.74, 6) is 0. The van der Waals surface area contributed by atoms with Crippen LogP contribution in [0.2, 0.25) is 0 Å². The maximum Gasteiger partial charge on any atom is 0.0839 e. The Morgan fingerprint density at radius 2 is 2.05 bits per heavy atom. The number of para-hydroxylation sites is 1. The van der Waals surface area contributed by atoms with Crippen LogP contribution in [0.3, 0.4) is 0 Å². The van der Waals surface area contributed by atoms with E-state index in [4.69, 9.17) is 5.73 Å². The van der Waals surface area contributed by atoms with Gasteiger partial charge in [0.05, 0.1) is 17.8 Å². The van der Waals surface area contributed by atoms with Crippen molar-refractivity contribution >= 4 is 10.9 Å². The average molecular weight is 253 g/mol. The van der Waals surface area contributed by atoms with Gasteiger partial charge in [0, 0.05) is 24.2 Å². The topological polar surface area (TPSA) is 69.6 Å². The van der Waals surface area contributed by atoms with Crippen LogP contribution in [0.5, 0.6) is 0 Å². The van der Waals surface area contributed by atoms with Crippen LogP contribution in [0.1, 0.15) is 11.3 Å². The van der Waals surface area contributed by atoms with Crippen LogP contribution in [0.4, 0.5) is 0 Å². The van der Waals surface area contributed by atoms with Gasteiger partial charge >= 0.3 is 0 Å². The van der Waals surface area contributed by atoms with Crippen molar-refractivity contribution in [3.8, 4) is 0 Å². The largest absolute Gasteiger partial charge is 0.330 e. The van der Waals surface area contributed by atoms with Crippen molar-refractivity contribution in [3.63, 3.8) is 0 Å². The Balaban J connectivity index is 1.92. The molecule has 5 heteroatoms. The van der Waals surface area contributed by atoms with Crippen LogP contribution in [0, 0.1) is 0 Å². The van der Waals surface area contributed by atoms with E-state index in [-0.39, 0.29) is 0 Å². The number of hydrogen-bond acceptors (Lipinski definition) is 4. The molecule has 5 nitrogen and oxygen atoms in total. The number of rotatable bonds is 4. The lowest BCUT2D eigenvalue weighted by molar-refractivity contribution is 0.651. The van der Waals surface area contributed by atoms with Gasteiger partial charge in [0.2, 0.25) is 0 Å². The molecule has 0 saturated carbocycles. The molecule has 0 saturated heterocycles. The van der Waals surface area contributed by atoms with Crippen molar-refractivity contribution in [1.29, 1.82) is 0 Å². The third-order valence-corrected chi connectivity index (χ3v) is 3.06. The van der Waals surface area contributed by atoms with Crippen LogP contribution < -0.4 is 5.73 Å². The van der Waals surface area contributed by atoms with Gasteiger partial charge in [0.15, 0.2) is 0 Å². The number of aromatic nitrogens is 4. The second kappa shape index (κ2) is 5.16. The summed E-state index contributed by atoms with van der Waals surface area (Å²) in [7, 11) is 0. The van der Waals surface area contributed by atoms with Crippen molar-refractivity contribution in [2.45, 2.75) is 13.0 Å². The van der Waals surface area contributed by atoms with E-state index in [1.807, 2.05) is 41.3 Å². The molecule has 0 radical (unpaired) electrons. The first-order chi connectivity index (χ1) is 9.36. The lowest BCUT2D eigenvalue weighted by atomic mass is 10.1. The molecule has 1 aromatic carbocycles. The van der Waals surface area contributed by atoms with E-state index in [9.17, 15) is 0 Å². The highest BCUT2D eigenvalue weighted by Crippen LogP contribution is 2.16. The van der Waals surface area contributed by atoms with Crippen molar-refractivity contribution in [3.05, 3.63) is 54.0 Å². The highest BCUT2D eigenvalue weighted by Gasteiger charge is 2.04. The summed E-state index contributed by atoms with van der Waals surface area (Å²) >= 11 is 0. The zero-order chi connectivity index (χ0) is 13.1. The van der Waals surface area contributed by atoms with Gasteiger partial charge in [-0.25, -0.2) is 4.68 Å². The van der Waals surface area contributed by atoms with E-state index in [0.717, 1.165) is 23.0 Å². The molecule has 19 heavy (non-hydrogen) atoms. The Bertz CT molecular complexity index is 684. The van der Waals surface area contributed by atoms with Crippen LogP contribution >= 0.6 is 0 Å². The number of pyridine rings is 1. The summed E-state index contributed by atoms with van der Waals surface area (Å²) in [5.41, 5.74) is 8.63. The number of nitrogens with zero attached hydrogens (tertiary/aromatic N) is 4. The van der Waals surface area contributed by atoms with Crippen molar-refractivity contribution < 1.29 is 0 Å². The third kappa shape index (κ3) is 2.46. The van der Waals surface area contributed by atoms with Gasteiger partial charge < -0.3 is 5.73 Å². The van der Waals surface area contributed by atoms with E-state index in [2.05, 4.69) is 21.4 Å². The Morgan fingerprint density at radius 1 is 1.16 bits per heavy atom. The fourth-order valence-electron chi connectivity index (χ4n) is 2.15. The Kier molecular flexibility index (Phi) is 3.20. The lowest BCUT2D eigenvalue weighted by Gasteiger charge is -2.05. The van der Waals surface area contributed by atoms with E-state index in [1.54, 1.807) is 0 Å². The second-order valence-corrected chi connectivity index (χ2v) is 4.43. The van der Waals surface area contributed by atoms with Crippen LogP contribution in [-0.4, -0.2) is 26.5 Å². The Morgan fingerprint density at radius 3 is 2.95 bits per heavy atom. The lowest BCUT2D eigenvalue weighted by Crippen LogP contribution is -2.03. The van der Waals surface area contributed by atoms with Gasteiger partial charge in [-0.05, 0) is 24.2 Å². The van der Waals surface area contributed by atoms with E-state index in [0.29, 0.717) is 13.1 Å². The first-order valence-corrected chi connectivity index (χ1v) is 6.28. The van der Waals surface area contributed by atoms with Gasteiger partial charge in [-0.2, -0.15) is 0 Å². The number of hydrogen-bond donors (Lipinski definition) is 1. The number of nitrogens with two attached hydrogens (primary N) is 1. The summed E-state index contributed by atoms with van der Waals surface area (Å²) in [6.45, 7) is 1.29. The Labute approximate surface area is 111 Å². The number of benzene rings is 1. The Hall–Kier alpha value is -2.27. The van der Waals surface area contributed by atoms with Crippen molar-refractivity contribution in [2.24, 2.45) is 5.73 Å². The van der Waals surface area contributed by atoms with Crippen LogP contribution in [0.15, 0.2) is 42.7 Å². The van der Waals surface area contributed by atoms with E-state index < -0.39 is 0 Å². The molecular weight excluding hydrogens is 238 g/mol. The zero-order valence-corrected chi connectivity index (χ0v) is 10.5. The smallest absolute Gasteiger partial charge is 0.0839 e. The summed E-state index contributed by atoms with van der Waals surface area (Å²) in [6, 6.07) is 10.1. The van der Waals surface area contributed by atoms with Crippen molar-refractivity contribution in [1.82, 2.24) is 20.0 Å². The molecule has 2 aromatic heterocycles. The molecule has 0 fully saturated rings.